The molecule has 1 heterocycles. The van der Waals surface area contributed by atoms with E-state index in [-0.39, 0.29) is 5.91 Å². The molecule has 1 aliphatic heterocycles. The molecule has 2 aromatic carbocycles. The normalized spacial score (nSPS) is 15.7. The first-order valence-corrected chi connectivity index (χ1v) is 7.52. The quantitative estimate of drug-likeness (QED) is 0.877. The highest BCUT2D eigenvalue weighted by molar-refractivity contribution is 6.30. The minimum absolute atomic E-state index is 0.336. The largest absolute Gasteiger partial charge is 0.487 e. The lowest BCUT2D eigenvalue weighted by atomic mass is 10.1. The van der Waals surface area contributed by atoms with Crippen LogP contribution in [0.1, 0.15) is 12.5 Å². The molecule has 0 saturated heterocycles. The Bertz CT molecular complexity index is 761. The number of amides is 1. The van der Waals surface area contributed by atoms with E-state index in [4.69, 9.17) is 21.1 Å². The van der Waals surface area contributed by atoms with Crippen LogP contribution < -0.4 is 14.9 Å². The zero-order valence-corrected chi connectivity index (χ0v) is 13.2. The van der Waals surface area contributed by atoms with Gasteiger partial charge in [0.2, 0.25) is 0 Å². The second-order valence-corrected chi connectivity index (χ2v) is 5.47. The Balaban J connectivity index is 1.62. The lowest BCUT2D eigenvalue weighted by Gasteiger charge is -2.13. The molecule has 0 bridgehead atoms. The smallest absolute Gasteiger partial charge is 0.280 e. The topological polar surface area (TPSA) is 59.9 Å². The first-order chi connectivity index (χ1) is 11.1. The molecule has 3 rings (SSSR count). The van der Waals surface area contributed by atoms with Gasteiger partial charge in [0.1, 0.15) is 23.8 Å². The number of hydrazone groups is 1. The molecule has 0 fully saturated rings. The number of nitrogens with one attached hydrogen (secondary N) is 1. The molecule has 1 aliphatic rings. The van der Waals surface area contributed by atoms with Gasteiger partial charge in [-0.1, -0.05) is 29.8 Å². The van der Waals surface area contributed by atoms with Crippen molar-refractivity contribution >= 4 is 23.2 Å². The fourth-order valence-electron chi connectivity index (χ4n) is 2.16. The van der Waals surface area contributed by atoms with E-state index in [0.717, 1.165) is 11.3 Å². The third-order valence-electron chi connectivity index (χ3n) is 3.34. The number of halogens is 1. The van der Waals surface area contributed by atoms with Gasteiger partial charge in [0.25, 0.3) is 5.91 Å². The molecule has 0 radical (unpaired) electrons. The first-order valence-electron chi connectivity index (χ1n) is 7.14. The number of carbonyl (C=O) groups excluding carboxylic acids is 1. The maximum atomic E-state index is 12.1. The van der Waals surface area contributed by atoms with Crippen molar-refractivity contribution in [1.29, 1.82) is 0 Å². The number of hydrogen-bond donors (Lipinski definition) is 1. The fourth-order valence-corrected chi connectivity index (χ4v) is 2.34. The monoisotopic (exact) mass is 330 g/mol. The van der Waals surface area contributed by atoms with Gasteiger partial charge in [0, 0.05) is 10.6 Å². The number of nitrogens with zero attached hydrogens (tertiary/aromatic N) is 1. The molecular weight excluding hydrogens is 316 g/mol. The van der Waals surface area contributed by atoms with Gasteiger partial charge in [-0.2, -0.15) is 5.10 Å². The van der Waals surface area contributed by atoms with E-state index >= 15 is 0 Å². The summed E-state index contributed by atoms with van der Waals surface area (Å²) in [6, 6.07) is 14.4. The van der Waals surface area contributed by atoms with E-state index in [1.54, 1.807) is 31.2 Å². The number of fused-ring (bicyclic) bond motifs is 1. The number of ether oxygens (including phenoxy) is 2. The predicted molar refractivity (Wildman–Crippen MR) is 88.2 cm³/mol. The standard InChI is InChI=1S/C17H15ClN2O3/c1-11(23-13-6-4-5-12(18)9-13)17(21)20-19-15-10-22-16-8-3-2-7-14(15)16/h2-9,11H,10H2,1H3,(H,20,21)/b19-15-/t11-/m1/s1. The van der Waals surface area contributed by atoms with Crippen molar-refractivity contribution < 1.29 is 14.3 Å². The second-order valence-electron chi connectivity index (χ2n) is 5.04. The second kappa shape index (κ2) is 6.71. The summed E-state index contributed by atoms with van der Waals surface area (Å²) in [4.78, 5) is 12.1. The van der Waals surface area contributed by atoms with E-state index < -0.39 is 6.10 Å². The van der Waals surface area contributed by atoms with Crippen molar-refractivity contribution in [2.45, 2.75) is 13.0 Å². The molecule has 23 heavy (non-hydrogen) atoms. The summed E-state index contributed by atoms with van der Waals surface area (Å²) in [5.74, 6) is 0.952. The van der Waals surface area contributed by atoms with Crippen molar-refractivity contribution in [2.24, 2.45) is 5.10 Å². The average Bonchev–Trinajstić information content (AvgIpc) is 2.96. The molecule has 1 N–H and O–H groups in total. The molecule has 0 unspecified atom stereocenters. The van der Waals surface area contributed by atoms with Crippen molar-refractivity contribution in [2.75, 3.05) is 6.61 Å². The molecule has 5 nitrogen and oxygen atoms in total. The first kappa shape index (κ1) is 15.4. The van der Waals surface area contributed by atoms with Gasteiger partial charge in [-0.3, -0.25) is 4.79 Å². The molecule has 0 saturated carbocycles. The summed E-state index contributed by atoms with van der Waals surface area (Å²) >= 11 is 5.89. The Hall–Kier alpha value is -2.53. The molecule has 1 amide bonds. The van der Waals surface area contributed by atoms with Crippen LogP contribution in [0.3, 0.4) is 0 Å². The maximum absolute atomic E-state index is 12.1. The molecule has 0 aromatic heterocycles. The lowest BCUT2D eigenvalue weighted by molar-refractivity contribution is -0.127. The Morgan fingerprint density at radius 2 is 2.13 bits per heavy atom. The van der Waals surface area contributed by atoms with Gasteiger partial charge in [0.05, 0.1) is 0 Å². The van der Waals surface area contributed by atoms with Crippen LogP contribution >= 0.6 is 11.6 Å². The van der Waals surface area contributed by atoms with E-state index in [9.17, 15) is 4.79 Å². The number of rotatable bonds is 4. The third-order valence-corrected chi connectivity index (χ3v) is 3.58. The summed E-state index contributed by atoms with van der Waals surface area (Å²) in [5, 5.41) is 4.68. The average molecular weight is 331 g/mol. The summed E-state index contributed by atoms with van der Waals surface area (Å²) in [6.45, 7) is 1.98. The predicted octanol–water partition coefficient (Wildman–Crippen LogP) is 3.02. The minimum Gasteiger partial charge on any atom is -0.487 e. The summed E-state index contributed by atoms with van der Waals surface area (Å²) < 4.78 is 11.0. The highest BCUT2D eigenvalue weighted by Gasteiger charge is 2.20. The van der Waals surface area contributed by atoms with Crippen LogP contribution in [0.4, 0.5) is 0 Å². The van der Waals surface area contributed by atoms with Crippen LogP contribution in [-0.4, -0.2) is 24.3 Å². The lowest BCUT2D eigenvalue weighted by Crippen LogP contribution is -2.34. The minimum atomic E-state index is -0.699. The summed E-state index contributed by atoms with van der Waals surface area (Å²) in [6.07, 6.45) is -0.699. The molecule has 118 valence electrons. The Morgan fingerprint density at radius 3 is 2.96 bits per heavy atom. The third kappa shape index (κ3) is 3.63. The van der Waals surface area contributed by atoms with Crippen molar-refractivity contribution in [3.8, 4) is 11.5 Å². The van der Waals surface area contributed by atoms with Crippen LogP contribution in [0.2, 0.25) is 5.02 Å². The van der Waals surface area contributed by atoms with Gasteiger partial charge in [-0.15, -0.1) is 0 Å². The van der Waals surface area contributed by atoms with Gasteiger partial charge in [0.15, 0.2) is 6.10 Å². The number of benzene rings is 2. The molecule has 0 spiro atoms. The Labute approximate surface area is 138 Å². The van der Waals surface area contributed by atoms with Crippen LogP contribution in [0.15, 0.2) is 53.6 Å². The van der Waals surface area contributed by atoms with Crippen molar-refractivity contribution in [3.05, 3.63) is 59.1 Å². The maximum Gasteiger partial charge on any atom is 0.280 e. The van der Waals surface area contributed by atoms with E-state index in [1.807, 2.05) is 24.3 Å². The zero-order chi connectivity index (χ0) is 16.2. The van der Waals surface area contributed by atoms with Crippen molar-refractivity contribution in [1.82, 2.24) is 5.43 Å². The number of hydrogen-bond acceptors (Lipinski definition) is 4. The van der Waals surface area contributed by atoms with Crippen LogP contribution in [0, 0.1) is 0 Å². The number of carbonyl (C=O) groups is 1. The van der Waals surface area contributed by atoms with Crippen LogP contribution in [0.25, 0.3) is 0 Å². The summed E-state index contributed by atoms with van der Waals surface area (Å²) in [7, 11) is 0. The molecule has 0 aliphatic carbocycles. The SMILES string of the molecule is C[C@@H](Oc1cccc(Cl)c1)C(=O)N/N=C1/COc2ccccc21. The van der Waals surface area contributed by atoms with Crippen LogP contribution in [0.5, 0.6) is 11.5 Å². The van der Waals surface area contributed by atoms with Gasteiger partial charge in [-0.25, -0.2) is 5.43 Å². The Morgan fingerprint density at radius 1 is 1.30 bits per heavy atom. The molecule has 1 atom stereocenters. The molecular formula is C17H15ClN2O3. The van der Waals surface area contributed by atoms with Gasteiger partial charge >= 0.3 is 0 Å². The van der Waals surface area contributed by atoms with Crippen LogP contribution in [-0.2, 0) is 4.79 Å². The van der Waals surface area contributed by atoms with E-state index in [1.165, 1.54) is 0 Å². The van der Waals surface area contributed by atoms with Gasteiger partial charge in [-0.05, 0) is 37.3 Å². The van der Waals surface area contributed by atoms with E-state index in [2.05, 4.69) is 10.5 Å². The van der Waals surface area contributed by atoms with Gasteiger partial charge < -0.3 is 9.47 Å². The molecule has 6 heteroatoms. The Kier molecular flexibility index (Phi) is 4.48. The fraction of sp³-hybridized carbons (Fsp3) is 0.176. The van der Waals surface area contributed by atoms with Crippen molar-refractivity contribution in [3.63, 3.8) is 0 Å². The van der Waals surface area contributed by atoms with E-state index in [0.29, 0.717) is 23.1 Å². The molecule has 2 aromatic rings. The summed E-state index contributed by atoms with van der Waals surface area (Å²) in [5.41, 5.74) is 4.08. The zero-order valence-electron chi connectivity index (χ0n) is 12.5. The highest BCUT2D eigenvalue weighted by atomic mass is 35.5. The number of para-hydroxylation sites is 1. The highest BCUT2D eigenvalue weighted by Crippen LogP contribution is 2.24.